The topological polar surface area (TPSA) is 49.4 Å². The molecule has 2 rings (SSSR count). The number of thioether (sulfide) groups is 1. The van der Waals surface area contributed by atoms with Gasteiger partial charge in [-0.3, -0.25) is 9.59 Å². The Balaban J connectivity index is 2.00. The maximum atomic E-state index is 13.0. The number of hydrogen-bond acceptors (Lipinski definition) is 3. The van der Waals surface area contributed by atoms with E-state index in [1.54, 1.807) is 23.6 Å². The Hall–Kier alpha value is -1.79. The van der Waals surface area contributed by atoms with Gasteiger partial charge in [0.05, 0.1) is 0 Å². The van der Waals surface area contributed by atoms with E-state index in [0.29, 0.717) is 13.0 Å². The van der Waals surface area contributed by atoms with Crippen molar-refractivity contribution < 1.29 is 9.59 Å². The molecule has 0 spiro atoms. The van der Waals surface area contributed by atoms with Gasteiger partial charge in [0.2, 0.25) is 11.8 Å². The maximum absolute atomic E-state index is 13.0. The Labute approximate surface area is 186 Å². The highest BCUT2D eigenvalue weighted by molar-refractivity contribution is 9.10. The van der Waals surface area contributed by atoms with E-state index in [0.717, 1.165) is 21.5 Å². The van der Waals surface area contributed by atoms with Crippen LogP contribution in [0, 0.1) is 0 Å². The zero-order chi connectivity index (χ0) is 21.2. The lowest BCUT2D eigenvalue weighted by atomic mass is 10.1. The summed E-state index contributed by atoms with van der Waals surface area (Å²) in [4.78, 5) is 27.2. The molecule has 0 fully saturated rings. The smallest absolute Gasteiger partial charge is 0.242 e. The average Bonchev–Trinajstić information content (AvgIpc) is 2.69. The molecule has 0 heterocycles. The minimum atomic E-state index is -0.525. The van der Waals surface area contributed by atoms with Gasteiger partial charge >= 0.3 is 0 Å². The lowest BCUT2D eigenvalue weighted by Gasteiger charge is -2.29. The van der Waals surface area contributed by atoms with E-state index in [4.69, 9.17) is 0 Å². The van der Waals surface area contributed by atoms with Gasteiger partial charge in [0, 0.05) is 35.0 Å². The van der Waals surface area contributed by atoms with E-state index < -0.39 is 6.04 Å². The number of hydrogen-bond donors (Lipinski definition) is 1. The molecule has 1 N–H and O–H groups in total. The van der Waals surface area contributed by atoms with Crippen LogP contribution in [0.5, 0.6) is 0 Å². The van der Waals surface area contributed by atoms with Crippen LogP contribution in [-0.2, 0) is 21.9 Å². The quantitative estimate of drug-likeness (QED) is 0.490. The molecule has 4 nitrogen and oxygen atoms in total. The van der Waals surface area contributed by atoms with Crippen LogP contribution in [0.25, 0.3) is 0 Å². The van der Waals surface area contributed by atoms with Crippen molar-refractivity contribution in [3.63, 3.8) is 0 Å². The summed E-state index contributed by atoms with van der Waals surface area (Å²) in [5.41, 5.74) is 2.24. The van der Waals surface area contributed by atoms with Crippen LogP contribution in [0.2, 0.25) is 0 Å². The molecule has 2 aromatic carbocycles. The predicted molar refractivity (Wildman–Crippen MR) is 125 cm³/mol. The molecule has 0 saturated heterocycles. The van der Waals surface area contributed by atoms with Crippen LogP contribution in [0.3, 0.4) is 0 Å². The number of nitrogens with zero attached hydrogens (tertiary/aromatic N) is 1. The van der Waals surface area contributed by atoms with Gasteiger partial charge in [-0.2, -0.15) is 11.8 Å². The molecule has 29 heavy (non-hydrogen) atoms. The first-order valence-corrected chi connectivity index (χ1v) is 11.8. The van der Waals surface area contributed by atoms with E-state index in [-0.39, 0.29) is 17.9 Å². The van der Waals surface area contributed by atoms with Crippen LogP contribution in [-0.4, -0.2) is 34.6 Å². The van der Waals surface area contributed by atoms with Crippen molar-refractivity contribution in [3.8, 4) is 0 Å². The Kier molecular flexibility index (Phi) is 9.74. The molecule has 156 valence electrons. The van der Waals surface area contributed by atoms with E-state index in [1.807, 2.05) is 56.3 Å². The Morgan fingerprint density at radius 1 is 1.03 bits per heavy atom. The van der Waals surface area contributed by atoms with E-state index in [1.165, 1.54) is 5.56 Å². The number of halogens is 1. The number of rotatable bonds is 10. The first-order valence-electron chi connectivity index (χ1n) is 9.82. The first-order chi connectivity index (χ1) is 13.9. The van der Waals surface area contributed by atoms with E-state index in [9.17, 15) is 9.59 Å². The Bertz CT molecular complexity index is 798. The summed E-state index contributed by atoms with van der Waals surface area (Å²) in [6.45, 7) is 6.05. The summed E-state index contributed by atoms with van der Waals surface area (Å²) in [5, 5.41) is 2.92. The molecule has 2 amide bonds. The van der Waals surface area contributed by atoms with Crippen molar-refractivity contribution in [2.75, 3.05) is 5.75 Å². The van der Waals surface area contributed by atoms with Gasteiger partial charge < -0.3 is 10.2 Å². The number of carbonyl (C=O) groups is 2. The fourth-order valence-corrected chi connectivity index (χ4v) is 4.23. The monoisotopic (exact) mass is 476 g/mol. The van der Waals surface area contributed by atoms with Crippen LogP contribution < -0.4 is 5.32 Å². The minimum Gasteiger partial charge on any atom is -0.352 e. The molecule has 6 heteroatoms. The van der Waals surface area contributed by atoms with Gasteiger partial charge in [-0.1, -0.05) is 58.4 Å². The highest BCUT2D eigenvalue weighted by Crippen LogP contribution is 2.18. The second-order valence-electron chi connectivity index (χ2n) is 7.28. The number of benzene rings is 2. The summed E-state index contributed by atoms with van der Waals surface area (Å²) in [5.74, 6) is 1.47. The molecular weight excluding hydrogens is 448 g/mol. The number of amides is 2. The Morgan fingerprint density at radius 3 is 2.38 bits per heavy atom. The molecule has 0 saturated carbocycles. The molecule has 2 aromatic rings. The zero-order valence-electron chi connectivity index (χ0n) is 17.2. The lowest BCUT2D eigenvalue weighted by molar-refractivity contribution is -0.140. The van der Waals surface area contributed by atoms with E-state index >= 15 is 0 Å². The van der Waals surface area contributed by atoms with Crippen molar-refractivity contribution in [2.24, 2.45) is 0 Å². The third-order valence-electron chi connectivity index (χ3n) is 4.41. The van der Waals surface area contributed by atoms with Crippen molar-refractivity contribution in [1.82, 2.24) is 10.2 Å². The lowest BCUT2D eigenvalue weighted by Crippen LogP contribution is -2.49. The highest BCUT2D eigenvalue weighted by Gasteiger charge is 2.26. The van der Waals surface area contributed by atoms with Gasteiger partial charge in [-0.25, -0.2) is 0 Å². The van der Waals surface area contributed by atoms with Gasteiger partial charge in [-0.05, 0) is 44.0 Å². The van der Waals surface area contributed by atoms with Crippen LogP contribution in [0.1, 0.15) is 38.3 Å². The Morgan fingerprint density at radius 2 is 1.72 bits per heavy atom. The van der Waals surface area contributed by atoms with Gasteiger partial charge in [0.25, 0.3) is 0 Å². The molecule has 0 aliphatic carbocycles. The molecule has 0 unspecified atom stereocenters. The molecule has 0 bridgehead atoms. The molecule has 0 radical (unpaired) electrons. The van der Waals surface area contributed by atoms with Crippen molar-refractivity contribution >= 4 is 39.5 Å². The first kappa shape index (κ1) is 23.5. The standard InChI is InChI=1S/C23H29BrN2O2S/c1-17(2)25-23(28)18(3)26(15-20-10-7-11-21(24)14-20)22(27)12-13-29-16-19-8-5-4-6-9-19/h4-11,14,17-18H,12-13,15-16H2,1-3H3,(H,25,28)/t18-/m1/s1. The number of nitrogens with one attached hydrogen (secondary N) is 1. The fourth-order valence-electron chi connectivity index (χ4n) is 2.89. The molecule has 1 atom stereocenters. The van der Waals surface area contributed by atoms with Crippen LogP contribution in [0.4, 0.5) is 0 Å². The average molecular weight is 477 g/mol. The summed E-state index contributed by atoms with van der Waals surface area (Å²) >= 11 is 5.21. The minimum absolute atomic E-state index is 0.00283. The van der Waals surface area contributed by atoms with E-state index in [2.05, 4.69) is 33.4 Å². The van der Waals surface area contributed by atoms with Gasteiger partial charge in [0.15, 0.2) is 0 Å². The molecule has 0 aliphatic rings. The van der Waals surface area contributed by atoms with Crippen LogP contribution >= 0.6 is 27.7 Å². The molecule has 0 aromatic heterocycles. The predicted octanol–water partition coefficient (Wildman–Crippen LogP) is 5.01. The van der Waals surface area contributed by atoms with Gasteiger partial charge in [0.1, 0.15) is 6.04 Å². The van der Waals surface area contributed by atoms with Gasteiger partial charge in [-0.15, -0.1) is 0 Å². The second kappa shape index (κ2) is 12.0. The van der Waals surface area contributed by atoms with Crippen molar-refractivity contribution in [1.29, 1.82) is 0 Å². The summed E-state index contributed by atoms with van der Waals surface area (Å²) < 4.78 is 0.958. The largest absolute Gasteiger partial charge is 0.352 e. The summed E-state index contributed by atoms with van der Waals surface area (Å²) in [6, 6.07) is 17.6. The number of carbonyl (C=O) groups excluding carboxylic acids is 2. The maximum Gasteiger partial charge on any atom is 0.242 e. The van der Waals surface area contributed by atoms with Crippen LogP contribution in [0.15, 0.2) is 59.1 Å². The fraction of sp³-hybridized carbons (Fsp3) is 0.391. The molecule has 0 aliphatic heterocycles. The third kappa shape index (κ3) is 8.23. The van der Waals surface area contributed by atoms with Crippen molar-refractivity contribution in [3.05, 3.63) is 70.2 Å². The van der Waals surface area contributed by atoms with Crippen molar-refractivity contribution in [2.45, 2.75) is 51.6 Å². The normalized spacial score (nSPS) is 11.9. The second-order valence-corrected chi connectivity index (χ2v) is 9.30. The third-order valence-corrected chi connectivity index (χ3v) is 5.94. The zero-order valence-corrected chi connectivity index (χ0v) is 19.6. The SMILES string of the molecule is CC(C)NC(=O)[C@@H](C)N(Cc1cccc(Br)c1)C(=O)CCSCc1ccccc1. The summed E-state index contributed by atoms with van der Waals surface area (Å²) in [7, 11) is 0. The highest BCUT2D eigenvalue weighted by atomic mass is 79.9. The summed E-state index contributed by atoms with van der Waals surface area (Å²) in [6.07, 6.45) is 0.408. The molecular formula is C23H29BrN2O2S.